The summed E-state index contributed by atoms with van der Waals surface area (Å²) in [6.07, 6.45) is -0.237. The molecule has 0 bridgehead atoms. The van der Waals surface area contributed by atoms with E-state index in [4.69, 9.17) is 5.11 Å². The van der Waals surface area contributed by atoms with Gasteiger partial charge in [-0.2, -0.15) is 0 Å². The fraction of sp³-hybridized carbons (Fsp3) is 0.167. The smallest absolute Gasteiger partial charge is 0.309 e. The molecule has 2 rings (SSSR count). The first-order valence-electron chi connectivity index (χ1n) is 4.99. The number of hydrogen-bond acceptors (Lipinski definition) is 2. The molecule has 0 atom stereocenters. The maximum absolute atomic E-state index is 13.0. The Kier molecular flexibility index (Phi) is 2.67. The van der Waals surface area contributed by atoms with E-state index in [-0.39, 0.29) is 17.2 Å². The van der Waals surface area contributed by atoms with Crippen molar-refractivity contribution in [2.75, 3.05) is 0 Å². The lowest BCUT2D eigenvalue weighted by Crippen LogP contribution is -2.15. The van der Waals surface area contributed by atoms with Crippen LogP contribution in [0.5, 0.6) is 0 Å². The van der Waals surface area contributed by atoms with Gasteiger partial charge in [-0.1, -0.05) is 0 Å². The molecule has 0 fully saturated rings. The number of carbonyl (C=O) groups is 1. The van der Waals surface area contributed by atoms with Gasteiger partial charge in [0.05, 0.1) is 11.9 Å². The van der Waals surface area contributed by atoms with E-state index in [9.17, 15) is 14.0 Å². The van der Waals surface area contributed by atoms with Crippen molar-refractivity contribution in [3.63, 3.8) is 0 Å². The van der Waals surface area contributed by atoms with Gasteiger partial charge >= 0.3 is 5.97 Å². The van der Waals surface area contributed by atoms with Crippen LogP contribution in [0.15, 0.2) is 29.1 Å². The van der Waals surface area contributed by atoms with Crippen LogP contribution in [-0.4, -0.2) is 15.6 Å². The predicted molar refractivity (Wildman–Crippen MR) is 60.5 cm³/mol. The van der Waals surface area contributed by atoms with Gasteiger partial charge in [0.25, 0.3) is 0 Å². The number of rotatable bonds is 2. The van der Waals surface area contributed by atoms with Crippen LogP contribution in [0.1, 0.15) is 5.69 Å². The molecule has 0 spiro atoms. The molecule has 0 aliphatic rings. The zero-order chi connectivity index (χ0) is 12.6. The van der Waals surface area contributed by atoms with Gasteiger partial charge in [0.2, 0.25) is 0 Å². The molecule has 2 aromatic rings. The van der Waals surface area contributed by atoms with Crippen LogP contribution in [0.2, 0.25) is 0 Å². The number of nitrogens with zero attached hydrogens (tertiary/aromatic N) is 1. The second-order valence-electron chi connectivity index (χ2n) is 3.79. The van der Waals surface area contributed by atoms with Gasteiger partial charge in [-0.3, -0.25) is 9.59 Å². The third-order valence-corrected chi connectivity index (χ3v) is 2.65. The van der Waals surface area contributed by atoms with Crippen molar-refractivity contribution in [1.29, 1.82) is 0 Å². The number of aryl methyl sites for hydroxylation is 1. The van der Waals surface area contributed by atoms with E-state index in [1.54, 1.807) is 11.6 Å². The van der Waals surface area contributed by atoms with E-state index in [0.717, 1.165) is 6.07 Å². The minimum atomic E-state index is -1.01. The summed E-state index contributed by atoms with van der Waals surface area (Å²) in [4.78, 5) is 22.4. The zero-order valence-corrected chi connectivity index (χ0v) is 9.11. The number of benzene rings is 1. The van der Waals surface area contributed by atoms with Crippen molar-refractivity contribution < 1.29 is 14.3 Å². The highest BCUT2D eigenvalue weighted by Gasteiger charge is 2.09. The average Bonchev–Trinajstić information content (AvgIpc) is 2.25. The molecule has 88 valence electrons. The number of hydrogen-bond donors (Lipinski definition) is 1. The van der Waals surface area contributed by atoms with Crippen molar-refractivity contribution >= 4 is 16.9 Å². The minimum absolute atomic E-state index is 0.237. The Morgan fingerprint density at radius 2 is 2.12 bits per heavy atom. The van der Waals surface area contributed by atoms with Gasteiger partial charge in [-0.15, -0.1) is 0 Å². The second-order valence-corrected chi connectivity index (χ2v) is 3.79. The summed E-state index contributed by atoms with van der Waals surface area (Å²) in [5.41, 5.74) is 0.547. The lowest BCUT2D eigenvalue weighted by Gasteiger charge is -2.10. The molecule has 0 aliphatic heterocycles. The van der Waals surface area contributed by atoms with Crippen LogP contribution >= 0.6 is 0 Å². The topological polar surface area (TPSA) is 59.3 Å². The molecule has 0 aliphatic carbocycles. The lowest BCUT2D eigenvalue weighted by atomic mass is 10.1. The van der Waals surface area contributed by atoms with Crippen molar-refractivity contribution in [1.82, 2.24) is 4.57 Å². The first kappa shape index (κ1) is 11.3. The summed E-state index contributed by atoms with van der Waals surface area (Å²) in [5.74, 6) is -1.50. The Hall–Kier alpha value is -2.17. The number of pyridine rings is 1. The third kappa shape index (κ3) is 2.04. The molecular weight excluding hydrogens is 225 g/mol. The molecule has 5 heteroatoms. The number of aliphatic carboxylic acids is 1. The van der Waals surface area contributed by atoms with E-state index in [2.05, 4.69) is 0 Å². The number of halogens is 1. The highest BCUT2D eigenvalue weighted by molar-refractivity contribution is 5.80. The van der Waals surface area contributed by atoms with Gasteiger partial charge in [-0.25, -0.2) is 4.39 Å². The number of aromatic nitrogens is 1. The molecule has 0 radical (unpaired) electrons. The Balaban J connectivity index is 2.76. The van der Waals surface area contributed by atoms with E-state index < -0.39 is 11.8 Å². The molecular formula is C12H10FNO3. The number of fused-ring (bicyclic) bond motifs is 1. The molecule has 0 unspecified atom stereocenters. The summed E-state index contributed by atoms with van der Waals surface area (Å²) in [7, 11) is 1.65. The normalized spacial score (nSPS) is 10.7. The van der Waals surface area contributed by atoms with Crippen molar-refractivity contribution in [2.24, 2.45) is 7.05 Å². The highest BCUT2D eigenvalue weighted by Crippen LogP contribution is 2.13. The Bertz CT molecular complexity index is 661. The summed E-state index contributed by atoms with van der Waals surface area (Å²) < 4.78 is 14.6. The molecule has 0 amide bonds. The Labute approximate surface area is 95.9 Å². The molecule has 1 heterocycles. The Morgan fingerprint density at radius 1 is 1.41 bits per heavy atom. The molecule has 1 aromatic carbocycles. The zero-order valence-electron chi connectivity index (χ0n) is 9.11. The average molecular weight is 235 g/mol. The lowest BCUT2D eigenvalue weighted by molar-refractivity contribution is -0.136. The quantitative estimate of drug-likeness (QED) is 0.853. The van der Waals surface area contributed by atoms with Crippen LogP contribution < -0.4 is 5.43 Å². The monoisotopic (exact) mass is 235 g/mol. The van der Waals surface area contributed by atoms with Gasteiger partial charge in [0, 0.05) is 24.2 Å². The predicted octanol–water partition coefficient (Wildman–Crippen LogP) is 1.30. The maximum atomic E-state index is 13.0. The second kappa shape index (κ2) is 4.01. The molecule has 0 saturated heterocycles. The number of carboxylic acids is 1. The van der Waals surface area contributed by atoms with Crippen molar-refractivity contribution in [3.8, 4) is 0 Å². The van der Waals surface area contributed by atoms with Gasteiger partial charge in [0.1, 0.15) is 5.82 Å². The van der Waals surface area contributed by atoms with E-state index in [1.165, 1.54) is 18.2 Å². The summed E-state index contributed by atoms with van der Waals surface area (Å²) in [6, 6.07) is 5.10. The van der Waals surface area contributed by atoms with Crippen LogP contribution in [0.4, 0.5) is 4.39 Å². The minimum Gasteiger partial charge on any atom is -0.481 e. The fourth-order valence-corrected chi connectivity index (χ4v) is 1.80. The Morgan fingerprint density at radius 3 is 2.76 bits per heavy atom. The van der Waals surface area contributed by atoms with Gasteiger partial charge in [-0.05, 0) is 18.2 Å². The molecule has 4 nitrogen and oxygen atoms in total. The van der Waals surface area contributed by atoms with E-state index in [0.29, 0.717) is 11.2 Å². The highest BCUT2D eigenvalue weighted by atomic mass is 19.1. The van der Waals surface area contributed by atoms with Crippen molar-refractivity contribution in [2.45, 2.75) is 6.42 Å². The molecule has 0 saturated carbocycles. The van der Waals surface area contributed by atoms with Crippen LogP contribution in [0.3, 0.4) is 0 Å². The van der Waals surface area contributed by atoms with E-state index in [1.807, 2.05) is 0 Å². The molecule has 1 aromatic heterocycles. The standard InChI is InChI=1S/C12H10FNO3/c1-14-8(6-12(16)17)5-11(15)9-4-7(13)2-3-10(9)14/h2-5H,6H2,1H3,(H,16,17). The summed E-state index contributed by atoms with van der Waals surface area (Å²) in [5, 5.41) is 8.97. The maximum Gasteiger partial charge on any atom is 0.309 e. The summed E-state index contributed by atoms with van der Waals surface area (Å²) >= 11 is 0. The third-order valence-electron chi connectivity index (χ3n) is 2.65. The van der Waals surface area contributed by atoms with Crippen LogP contribution in [0.25, 0.3) is 10.9 Å². The van der Waals surface area contributed by atoms with Gasteiger partial charge < -0.3 is 9.67 Å². The van der Waals surface area contributed by atoms with Gasteiger partial charge in [0.15, 0.2) is 5.43 Å². The van der Waals surface area contributed by atoms with E-state index >= 15 is 0 Å². The SMILES string of the molecule is Cn1c(CC(=O)O)cc(=O)c2cc(F)ccc21. The first-order chi connectivity index (χ1) is 7.99. The van der Waals surface area contributed by atoms with Crippen LogP contribution in [-0.2, 0) is 18.3 Å². The fourth-order valence-electron chi connectivity index (χ4n) is 1.80. The molecule has 17 heavy (non-hydrogen) atoms. The van der Waals surface area contributed by atoms with Crippen LogP contribution in [0, 0.1) is 5.82 Å². The number of carboxylic acid groups (broad SMARTS) is 1. The first-order valence-corrected chi connectivity index (χ1v) is 4.99. The van der Waals surface area contributed by atoms with Crippen molar-refractivity contribution in [3.05, 3.63) is 46.0 Å². The summed E-state index contributed by atoms with van der Waals surface area (Å²) in [6.45, 7) is 0. The largest absolute Gasteiger partial charge is 0.481 e. The molecule has 1 N–H and O–H groups in total.